The molecule has 0 fully saturated rings. The van der Waals surface area contributed by atoms with Crippen molar-refractivity contribution in [3.05, 3.63) is 0 Å². The van der Waals surface area contributed by atoms with Gasteiger partial charge in [0.25, 0.3) is 0 Å². The fourth-order valence-corrected chi connectivity index (χ4v) is 0. The Morgan fingerprint density at radius 3 is 1.50 bits per heavy atom. The van der Waals surface area contributed by atoms with E-state index in [0.29, 0.717) is 0 Å². The number of rotatable bonds is 0. The van der Waals surface area contributed by atoms with E-state index in [0.717, 1.165) is 0 Å². The molecule has 0 rings (SSSR count). The van der Waals surface area contributed by atoms with Crippen LogP contribution in [-0.4, -0.2) is 0 Å². The quantitative estimate of drug-likeness (QED) is 0.301. The van der Waals surface area contributed by atoms with Crippen LogP contribution in [0.2, 0.25) is 0 Å². The standard InChI is InChI=1S/2FH.K.H3N.H/h2*1H;;1H3;/q;;+1;;-1. The van der Waals surface area contributed by atoms with Gasteiger partial charge in [-0.05, 0) is 0 Å². The molecule has 0 bridgehead atoms. The van der Waals surface area contributed by atoms with Crippen LogP contribution in [0.3, 0.4) is 0 Å². The summed E-state index contributed by atoms with van der Waals surface area (Å²) in [5.41, 5.74) is 0. The van der Waals surface area contributed by atoms with Gasteiger partial charge < -0.3 is 12.3 Å². The Hall–Kier alpha value is 1.46. The second-order valence-corrected chi connectivity index (χ2v) is 0. The van der Waals surface area contributed by atoms with Crippen molar-refractivity contribution in [3.8, 4) is 0 Å². The molecule has 0 aromatic carbocycles. The summed E-state index contributed by atoms with van der Waals surface area (Å²) >= 11 is 0. The summed E-state index contributed by atoms with van der Waals surface area (Å²) in [6.45, 7) is 0. The van der Waals surface area contributed by atoms with Crippen molar-refractivity contribution in [2.24, 2.45) is 0 Å². The molecule has 1 nitrogen and oxygen atoms in total. The molecule has 0 atom stereocenters. The van der Waals surface area contributed by atoms with Gasteiger partial charge in [0.2, 0.25) is 0 Å². The van der Waals surface area contributed by atoms with E-state index in [9.17, 15) is 0 Å². The molecule has 0 aliphatic heterocycles. The van der Waals surface area contributed by atoms with Crippen LogP contribution in [0.25, 0.3) is 0 Å². The molecule has 0 amide bonds. The summed E-state index contributed by atoms with van der Waals surface area (Å²) in [7, 11) is 0. The van der Waals surface area contributed by atoms with Crippen molar-refractivity contribution >= 4 is 0 Å². The molecule has 0 aromatic heterocycles. The summed E-state index contributed by atoms with van der Waals surface area (Å²) in [5.74, 6) is 0. The van der Waals surface area contributed by atoms with Crippen LogP contribution in [0.4, 0.5) is 4.70 Å². The fourth-order valence-electron chi connectivity index (χ4n) is 0. The Labute approximate surface area is 68.9 Å². The van der Waals surface area contributed by atoms with Crippen molar-refractivity contribution < 1.29 is 63.6 Å². The molecule has 0 aliphatic rings. The van der Waals surface area contributed by atoms with Gasteiger partial charge in [-0.25, -0.2) is 0 Å². The monoisotopic (exact) mass is 97.0 g/mol. The van der Waals surface area contributed by atoms with Crippen LogP contribution in [0.15, 0.2) is 0 Å². The van der Waals surface area contributed by atoms with E-state index in [1.807, 2.05) is 0 Å². The first-order chi connectivity index (χ1) is 0. The zero-order chi connectivity index (χ0) is 0. The summed E-state index contributed by atoms with van der Waals surface area (Å²) in [4.78, 5) is 0. The Bertz CT molecular complexity index is 11.5. The smallest absolute Gasteiger partial charge is 1.00 e. The number of hydrogen-bond donors (Lipinski definition) is 1. The van der Waals surface area contributed by atoms with E-state index in [2.05, 4.69) is 0 Å². The maximum absolute atomic E-state index is 0. The topological polar surface area (TPSA) is 35.0 Å². The first kappa shape index (κ1) is 51.1. The maximum Gasteiger partial charge on any atom is 1.00 e. The van der Waals surface area contributed by atoms with Crippen LogP contribution in [0.1, 0.15) is 2.85 Å². The van der Waals surface area contributed by atoms with Crippen LogP contribution in [0, 0.1) is 0 Å². The van der Waals surface area contributed by atoms with Gasteiger partial charge >= 0.3 is 52.8 Å². The largest absolute Gasteiger partial charge is 1.00 e. The molecular weight excluding hydrogens is 91.1 g/mol. The summed E-state index contributed by atoms with van der Waals surface area (Å²) in [6, 6.07) is 0. The molecule has 0 spiro atoms. The Balaban J connectivity index is 0. The SMILES string of the molecule is F.N.[F-].[H+].[H-].[K+]. The van der Waals surface area contributed by atoms with Gasteiger partial charge in [-0.2, -0.15) is 0 Å². The minimum atomic E-state index is 0. The summed E-state index contributed by atoms with van der Waals surface area (Å²) in [5, 5.41) is 0. The number of halogens is 2. The third-order valence-corrected chi connectivity index (χ3v) is 0. The van der Waals surface area contributed by atoms with Crippen molar-refractivity contribution in [2.75, 3.05) is 0 Å². The predicted molar refractivity (Wildman–Crippen MR) is 9.75 cm³/mol. The van der Waals surface area contributed by atoms with E-state index in [1.54, 1.807) is 0 Å². The summed E-state index contributed by atoms with van der Waals surface area (Å²) < 4.78 is 0. The third-order valence-electron chi connectivity index (χ3n) is 0. The Kier molecular flexibility index (Phi) is 321. The van der Waals surface area contributed by atoms with Crippen LogP contribution >= 0.6 is 0 Å². The number of hydrogen-bond acceptors (Lipinski definition) is 1. The molecule has 0 radical (unpaired) electrons. The van der Waals surface area contributed by atoms with Crippen LogP contribution in [-0.2, 0) is 0 Å². The van der Waals surface area contributed by atoms with Crippen LogP contribution < -0.4 is 62.2 Å². The Morgan fingerprint density at radius 2 is 1.50 bits per heavy atom. The minimum Gasteiger partial charge on any atom is -1.00 e. The first-order valence-corrected chi connectivity index (χ1v) is 0. The van der Waals surface area contributed by atoms with Gasteiger partial charge in [-0.3, -0.25) is 4.70 Å². The molecule has 0 saturated heterocycles. The predicted octanol–water partition coefficient (Wildman–Crippen LogP) is -5.45. The zero-order valence-electron chi connectivity index (χ0n) is 4.49. The van der Waals surface area contributed by atoms with E-state index in [-0.39, 0.29) is 69.8 Å². The molecule has 0 unspecified atom stereocenters. The second-order valence-electron chi connectivity index (χ2n) is 0. The molecule has 0 saturated carbocycles. The van der Waals surface area contributed by atoms with Crippen LogP contribution in [0.5, 0.6) is 0 Å². The molecule has 0 aromatic rings. The van der Waals surface area contributed by atoms with Crippen molar-refractivity contribution in [1.82, 2.24) is 6.15 Å². The molecular formula is H6F2KN. The molecule has 4 heteroatoms. The van der Waals surface area contributed by atoms with E-state index < -0.39 is 0 Å². The van der Waals surface area contributed by atoms with Gasteiger partial charge in [0, 0.05) is 0 Å². The van der Waals surface area contributed by atoms with Crippen molar-refractivity contribution in [2.45, 2.75) is 0 Å². The van der Waals surface area contributed by atoms with E-state index in [1.165, 1.54) is 0 Å². The minimum absolute atomic E-state index is 0. The second kappa shape index (κ2) is 25.1. The maximum atomic E-state index is 0. The average Bonchev–Trinajstić information content (AvgIpc) is 0. The molecule has 0 aliphatic carbocycles. The third kappa shape index (κ3) is 9.83. The fraction of sp³-hybridized carbons (Fsp3) is 0. The van der Waals surface area contributed by atoms with Gasteiger partial charge in [-0.15, -0.1) is 0 Å². The zero-order valence-corrected chi connectivity index (χ0v) is 5.62. The Morgan fingerprint density at radius 1 is 1.50 bits per heavy atom. The van der Waals surface area contributed by atoms with Gasteiger partial charge in [0.15, 0.2) is 0 Å². The average molecular weight is 97.1 g/mol. The van der Waals surface area contributed by atoms with Gasteiger partial charge in [0.05, 0.1) is 0 Å². The molecule has 3 N–H and O–H groups in total. The van der Waals surface area contributed by atoms with E-state index in [4.69, 9.17) is 0 Å². The molecule has 26 valence electrons. The van der Waals surface area contributed by atoms with Gasteiger partial charge in [-0.1, -0.05) is 0 Å². The molecule has 0 heterocycles. The van der Waals surface area contributed by atoms with E-state index >= 15 is 0 Å². The molecule has 4 heavy (non-hydrogen) atoms. The normalized spacial score (nSPS) is 0. The van der Waals surface area contributed by atoms with Gasteiger partial charge in [0.1, 0.15) is 0 Å². The van der Waals surface area contributed by atoms with Crippen molar-refractivity contribution in [1.29, 1.82) is 0 Å². The van der Waals surface area contributed by atoms with Crippen molar-refractivity contribution in [3.63, 3.8) is 0 Å². The summed E-state index contributed by atoms with van der Waals surface area (Å²) in [6.07, 6.45) is 0. The first-order valence-electron chi connectivity index (χ1n) is 0.